The molecule has 1 aliphatic rings. The molecule has 0 aliphatic carbocycles. The predicted octanol–water partition coefficient (Wildman–Crippen LogP) is 7.30. The van der Waals surface area contributed by atoms with Crippen LogP contribution in [0, 0.1) is 0 Å². The molecule has 3 heterocycles. The highest BCUT2D eigenvalue weighted by Gasteiger charge is 2.37. The molecule has 8 heteroatoms. The molecule has 1 atom stereocenters. The van der Waals surface area contributed by atoms with Crippen molar-refractivity contribution in [3.8, 4) is 11.1 Å². The number of nitrogens with zero attached hydrogens (tertiary/aromatic N) is 2. The van der Waals surface area contributed by atoms with Crippen molar-refractivity contribution in [2.24, 2.45) is 5.10 Å². The van der Waals surface area contributed by atoms with E-state index in [9.17, 15) is 9.59 Å². The second-order valence-electron chi connectivity index (χ2n) is 8.67. The molecule has 0 unspecified atom stereocenters. The average molecular weight is 617 g/mol. The molecule has 0 fully saturated rings. The molecule has 0 bridgehead atoms. The summed E-state index contributed by atoms with van der Waals surface area (Å²) in [6.45, 7) is 0. The minimum absolute atomic E-state index is 0.263. The molecule has 1 N–H and O–H groups in total. The molecular weight excluding hydrogens is 598 g/mol. The highest BCUT2D eigenvalue weighted by Crippen LogP contribution is 2.38. The maximum Gasteiger partial charge on any atom is 0.275 e. The number of hydrazone groups is 1. The quantitative estimate of drug-likeness (QED) is 0.230. The minimum Gasteiger partial charge on any atom is -0.467 e. The minimum atomic E-state index is -0.495. The van der Waals surface area contributed by atoms with Gasteiger partial charge in [0, 0.05) is 31.8 Å². The molecule has 6 nitrogen and oxygen atoms in total. The van der Waals surface area contributed by atoms with Gasteiger partial charge < -0.3 is 9.40 Å². The number of carbonyl (C=O) groups excluding carboxylic acids is 1. The number of amides is 1. The van der Waals surface area contributed by atoms with Gasteiger partial charge in [-0.25, -0.2) is 5.01 Å². The van der Waals surface area contributed by atoms with E-state index in [0.717, 1.165) is 26.5 Å². The van der Waals surface area contributed by atoms with Crippen LogP contribution >= 0.6 is 31.9 Å². The van der Waals surface area contributed by atoms with Crippen LogP contribution in [0.4, 0.5) is 0 Å². The third kappa shape index (κ3) is 4.26. The number of aromatic nitrogens is 1. The highest BCUT2D eigenvalue weighted by atomic mass is 79.9. The van der Waals surface area contributed by atoms with E-state index in [4.69, 9.17) is 9.52 Å². The van der Waals surface area contributed by atoms with E-state index in [2.05, 4.69) is 36.8 Å². The molecule has 2 aromatic heterocycles. The molecule has 0 spiro atoms. The SMILES string of the molecule is O=C(c1ccccc1Br)N1N=C(c2c(-c3ccccc3)c3cc(Br)ccc3[nH]c2=O)C[C@H]1c1ccco1. The van der Waals surface area contributed by atoms with Gasteiger partial charge in [0.05, 0.1) is 23.1 Å². The van der Waals surface area contributed by atoms with E-state index in [1.165, 1.54) is 5.01 Å². The van der Waals surface area contributed by atoms with E-state index < -0.39 is 6.04 Å². The van der Waals surface area contributed by atoms with Gasteiger partial charge in [0.2, 0.25) is 0 Å². The van der Waals surface area contributed by atoms with E-state index in [1.54, 1.807) is 24.5 Å². The van der Waals surface area contributed by atoms with Crippen LogP contribution in [0.15, 0.2) is 114 Å². The number of H-pyrrole nitrogens is 1. The lowest BCUT2D eigenvalue weighted by molar-refractivity contribution is 0.0692. The number of carbonyl (C=O) groups is 1. The lowest BCUT2D eigenvalue weighted by Crippen LogP contribution is -2.27. The first-order valence-corrected chi connectivity index (χ1v) is 13.2. The number of pyridine rings is 1. The van der Waals surface area contributed by atoms with Gasteiger partial charge in [-0.3, -0.25) is 9.59 Å². The van der Waals surface area contributed by atoms with Gasteiger partial charge in [-0.05, 0) is 64.0 Å². The van der Waals surface area contributed by atoms with Crippen LogP contribution in [0.25, 0.3) is 22.0 Å². The smallest absolute Gasteiger partial charge is 0.275 e. The Balaban J connectivity index is 1.58. The van der Waals surface area contributed by atoms with Crippen molar-refractivity contribution in [1.29, 1.82) is 0 Å². The van der Waals surface area contributed by atoms with Crippen molar-refractivity contribution in [1.82, 2.24) is 9.99 Å². The Labute approximate surface area is 228 Å². The van der Waals surface area contributed by atoms with E-state index >= 15 is 0 Å². The van der Waals surface area contributed by atoms with Crippen molar-refractivity contribution in [3.63, 3.8) is 0 Å². The molecular formula is C29H19Br2N3O3. The van der Waals surface area contributed by atoms with E-state index in [-0.39, 0.29) is 11.5 Å². The molecule has 37 heavy (non-hydrogen) atoms. The number of hydrogen-bond donors (Lipinski definition) is 1. The molecule has 5 aromatic rings. The fourth-order valence-electron chi connectivity index (χ4n) is 4.75. The lowest BCUT2D eigenvalue weighted by Gasteiger charge is -2.20. The van der Waals surface area contributed by atoms with Crippen LogP contribution < -0.4 is 5.56 Å². The summed E-state index contributed by atoms with van der Waals surface area (Å²) in [6.07, 6.45) is 1.90. The fourth-order valence-corrected chi connectivity index (χ4v) is 5.57. The Kier molecular flexibility index (Phi) is 6.14. The van der Waals surface area contributed by atoms with Gasteiger partial charge in [-0.2, -0.15) is 5.10 Å². The van der Waals surface area contributed by atoms with Crippen molar-refractivity contribution in [3.05, 3.63) is 127 Å². The van der Waals surface area contributed by atoms with Crippen LogP contribution in [-0.4, -0.2) is 21.6 Å². The van der Waals surface area contributed by atoms with Crippen LogP contribution in [0.1, 0.15) is 34.1 Å². The summed E-state index contributed by atoms with van der Waals surface area (Å²) < 4.78 is 7.27. The monoisotopic (exact) mass is 615 g/mol. The van der Waals surface area contributed by atoms with Gasteiger partial charge in [0.1, 0.15) is 11.8 Å². The maximum absolute atomic E-state index is 13.7. The average Bonchev–Trinajstić information content (AvgIpc) is 3.59. The second-order valence-corrected chi connectivity index (χ2v) is 10.4. The molecule has 1 aliphatic heterocycles. The standard InChI is InChI=1S/C29H19Br2N3O3/c30-18-12-13-22-20(15-18)26(17-7-2-1-3-8-17)27(28(35)32-22)23-16-24(25-11-6-14-37-25)34(33-23)29(36)19-9-4-5-10-21(19)31/h1-15,24H,16H2,(H,32,35)/t24-/m0/s1. The molecule has 0 radical (unpaired) electrons. The summed E-state index contributed by atoms with van der Waals surface area (Å²) in [7, 11) is 0. The van der Waals surface area contributed by atoms with Gasteiger partial charge >= 0.3 is 0 Å². The first-order valence-electron chi connectivity index (χ1n) is 11.6. The normalized spacial score (nSPS) is 15.2. The zero-order valence-electron chi connectivity index (χ0n) is 19.3. The molecule has 6 rings (SSSR count). The van der Waals surface area contributed by atoms with Gasteiger partial charge in [-0.15, -0.1) is 0 Å². The summed E-state index contributed by atoms with van der Waals surface area (Å²) in [5.41, 5.74) is 3.55. The highest BCUT2D eigenvalue weighted by molar-refractivity contribution is 9.10. The number of furan rings is 1. The number of nitrogens with one attached hydrogen (secondary N) is 1. The van der Waals surface area contributed by atoms with Crippen molar-refractivity contribution in [2.75, 3.05) is 0 Å². The van der Waals surface area contributed by atoms with Crippen molar-refractivity contribution < 1.29 is 9.21 Å². The number of hydrogen-bond acceptors (Lipinski definition) is 4. The number of benzene rings is 3. The van der Waals surface area contributed by atoms with Crippen LogP contribution in [0.3, 0.4) is 0 Å². The number of rotatable bonds is 4. The lowest BCUT2D eigenvalue weighted by atomic mass is 9.92. The van der Waals surface area contributed by atoms with Gasteiger partial charge in [0.15, 0.2) is 0 Å². The Hall–Kier alpha value is -3.75. The molecule has 182 valence electrons. The second kappa shape index (κ2) is 9.61. The predicted molar refractivity (Wildman–Crippen MR) is 151 cm³/mol. The molecule has 0 saturated carbocycles. The zero-order chi connectivity index (χ0) is 25.5. The van der Waals surface area contributed by atoms with Crippen LogP contribution in [0.5, 0.6) is 0 Å². The Bertz CT molecular complexity index is 1730. The summed E-state index contributed by atoms with van der Waals surface area (Å²) in [5, 5.41) is 7.08. The Morgan fingerprint density at radius 2 is 1.73 bits per heavy atom. The van der Waals surface area contributed by atoms with Crippen molar-refractivity contribution in [2.45, 2.75) is 12.5 Å². The van der Waals surface area contributed by atoms with E-state index in [1.807, 2.05) is 66.7 Å². The number of aromatic amines is 1. The Morgan fingerprint density at radius 3 is 2.49 bits per heavy atom. The summed E-state index contributed by atoms with van der Waals surface area (Å²) in [4.78, 5) is 30.3. The molecule has 3 aromatic carbocycles. The van der Waals surface area contributed by atoms with Gasteiger partial charge in [0.25, 0.3) is 11.5 Å². The summed E-state index contributed by atoms with van der Waals surface area (Å²) in [5.74, 6) is 0.311. The maximum atomic E-state index is 13.7. The third-order valence-corrected chi connectivity index (χ3v) is 7.61. The summed E-state index contributed by atoms with van der Waals surface area (Å²) >= 11 is 7.05. The van der Waals surface area contributed by atoms with Crippen molar-refractivity contribution >= 4 is 54.4 Å². The topological polar surface area (TPSA) is 78.7 Å². The largest absolute Gasteiger partial charge is 0.467 e. The fraction of sp³-hybridized carbons (Fsp3) is 0.0690. The first-order chi connectivity index (χ1) is 18.0. The van der Waals surface area contributed by atoms with Crippen LogP contribution in [-0.2, 0) is 0 Å². The van der Waals surface area contributed by atoms with Gasteiger partial charge in [-0.1, -0.05) is 58.4 Å². The molecule has 1 amide bonds. The summed E-state index contributed by atoms with van der Waals surface area (Å²) in [6, 6.07) is 25.8. The number of halogens is 2. The third-order valence-electron chi connectivity index (χ3n) is 6.42. The van der Waals surface area contributed by atoms with E-state index in [0.29, 0.717) is 33.5 Å². The first kappa shape index (κ1) is 23.6. The zero-order valence-corrected chi connectivity index (χ0v) is 22.5. The van der Waals surface area contributed by atoms with Crippen LogP contribution in [0.2, 0.25) is 0 Å². The molecule has 0 saturated heterocycles. The number of fused-ring (bicyclic) bond motifs is 1. The Morgan fingerprint density at radius 1 is 0.946 bits per heavy atom.